The van der Waals surface area contributed by atoms with Crippen molar-refractivity contribution < 1.29 is 29.3 Å². The van der Waals surface area contributed by atoms with Crippen molar-refractivity contribution in [3.63, 3.8) is 0 Å². The topological polar surface area (TPSA) is 139 Å². The summed E-state index contributed by atoms with van der Waals surface area (Å²) in [6, 6.07) is -1.21. The third-order valence-corrected chi connectivity index (χ3v) is 1.25. The first-order valence-corrected chi connectivity index (χ1v) is 4.00. The summed E-state index contributed by atoms with van der Waals surface area (Å²) in [4.78, 5) is 29.8. The first-order chi connectivity index (χ1) is 7.38. The average molecular weight is 234 g/mol. The molecular weight excluding hydrogens is 220 g/mol. The van der Waals surface area contributed by atoms with E-state index in [0.29, 0.717) is 0 Å². The maximum atomic E-state index is 10.1. The molecule has 16 heavy (non-hydrogen) atoms. The number of hydrogen-bond acceptors (Lipinski definition) is 6. The fourth-order valence-corrected chi connectivity index (χ4v) is 0.475. The summed E-state index contributed by atoms with van der Waals surface area (Å²) < 4.78 is 4.14. The zero-order valence-electron chi connectivity index (χ0n) is 8.67. The summed E-state index contributed by atoms with van der Waals surface area (Å²) in [6.45, 7) is 3.16. The average Bonchev–Trinajstić information content (AvgIpc) is 2.24. The van der Waals surface area contributed by atoms with Crippen molar-refractivity contribution in [1.82, 2.24) is 5.43 Å². The van der Waals surface area contributed by atoms with Gasteiger partial charge in [0.1, 0.15) is 6.04 Å². The first kappa shape index (κ1) is 16.5. The van der Waals surface area contributed by atoms with E-state index in [4.69, 9.17) is 16.1 Å². The van der Waals surface area contributed by atoms with E-state index in [1.165, 1.54) is 7.11 Å². The number of aliphatic carboxylic acids is 2. The minimum atomic E-state index is -1.27. The fourth-order valence-electron chi connectivity index (χ4n) is 0.475. The number of ether oxygens (including phenoxy) is 1. The Morgan fingerprint density at radius 1 is 1.50 bits per heavy atom. The van der Waals surface area contributed by atoms with Crippen LogP contribution in [0, 0.1) is 0 Å². The van der Waals surface area contributed by atoms with E-state index in [2.05, 4.69) is 11.3 Å². The lowest BCUT2D eigenvalue weighted by atomic mass is 10.2. The molecular formula is C8H14N2O6. The molecule has 0 aromatic carbocycles. The van der Waals surface area contributed by atoms with Gasteiger partial charge in [0.05, 0.1) is 13.5 Å². The number of hydrogen-bond donors (Lipinski definition) is 4. The fraction of sp³-hybridized carbons (Fsp3) is 0.375. The number of esters is 1. The second-order valence-corrected chi connectivity index (χ2v) is 2.38. The van der Waals surface area contributed by atoms with Gasteiger partial charge in [-0.1, -0.05) is 6.58 Å². The number of hydrazine groups is 1. The molecule has 0 radical (unpaired) electrons. The minimum absolute atomic E-state index is 0.394. The summed E-state index contributed by atoms with van der Waals surface area (Å²) in [7, 11) is 1.31. The van der Waals surface area contributed by atoms with Gasteiger partial charge in [-0.3, -0.25) is 15.4 Å². The molecule has 0 aliphatic rings. The van der Waals surface area contributed by atoms with Crippen molar-refractivity contribution in [2.24, 2.45) is 5.84 Å². The Hall–Kier alpha value is -1.93. The first-order valence-electron chi connectivity index (χ1n) is 4.00. The summed E-state index contributed by atoms with van der Waals surface area (Å²) >= 11 is 0. The van der Waals surface area contributed by atoms with Crippen LogP contribution in [0.4, 0.5) is 0 Å². The number of carbonyl (C=O) groups excluding carboxylic acids is 1. The highest BCUT2D eigenvalue weighted by Crippen LogP contribution is 1.89. The Morgan fingerprint density at radius 3 is 2.06 bits per heavy atom. The lowest BCUT2D eigenvalue weighted by molar-refractivity contribution is -0.145. The van der Waals surface area contributed by atoms with Crippen LogP contribution in [0.5, 0.6) is 0 Å². The predicted octanol–water partition coefficient (Wildman–Crippen LogP) is -1.28. The number of carboxylic acid groups (broad SMARTS) is 2. The normalized spacial score (nSPS) is 10.4. The number of methoxy groups -OCH3 is 1. The van der Waals surface area contributed by atoms with Gasteiger partial charge < -0.3 is 14.9 Å². The summed E-state index contributed by atoms with van der Waals surface area (Å²) in [5, 5.41) is 16.3. The highest BCUT2D eigenvalue weighted by molar-refractivity contribution is 5.81. The molecule has 0 amide bonds. The van der Waals surface area contributed by atoms with Crippen molar-refractivity contribution in [1.29, 1.82) is 0 Å². The third-order valence-electron chi connectivity index (χ3n) is 1.25. The Balaban J connectivity index is 0. The molecule has 0 heterocycles. The lowest BCUT2D eigenvalue weighted by Crippen LogP contribution is -2.42. The van der Waals surface area contributed by atoms with Crippen molar-refractivity contribution >= 4 is 17.9 Å². The highest BCUT2D eigenvalue weighted by Gasteiger charge is 2.18. The zero-order valence-corrected chi connectivity index (χ0v) is 8.67. The second-order valence-electron chi connectivity index (χ2n) is 2.38. The lowest BCUT2D eigenvalue weighted by Gasteiger charge is -2.05. The van der Waals surface area contributed by atoms with Gasteiger partial charge >= 0.3 is 17.9 Å². The number of carbonyl (C=O) groups is 3. The number of carboxylic acids is 2. The van der Waals surface area contributed by atoms with Gasteiger partial charge in [0, 0.05) is 6.08 Å². The van der Waals surface area contributed by atoms with Crippen LogP contribution in [0.3, 0.4) is 0 Å². The Bertz CT molecular complexity index is 265. The van der Waals surface area contributed by atoms with Crippen molar-refractivity contribution in [2.75, 3.05) is 7.11 Å². The van der Waals surface area contributed by atoms with Crippen LogP contribution in [0.2, 0.25) is 0 Å². The van der Waals surface area contributed by atoms with E-state index < -0.39 is 30.4 Å². The minimum Gasteiger partial charge on any atom is -0.481 e. The van der Waals surface area contributed by atoms with Gasteiger partial charge in [0.15, 0.2) is 0 Å². The molecule has 0 aromatic rings. The van der Waals surface area contributed by atoms with Crippen LogP contribution in [0.1, 0.15) is 6.42 Å². The van der Waals surface area contributed by atoms with Crippen molar-refractivity contribution in [2.45, 2.75) is 12.5 Å². The summed E-state index contributed by atoms with van der Waals surface area (Å²) in [5.41, 5.74) is 1.85. The third kappa shape index (κ3) is 10.2. The molecule has 92 valence electrons. The van der Waals surface area contributed by atoms with E-state index in [0.717, 1.165) is 6.08 Å². The largest absolute Gasteiger partial charge is 0.481 e. The molecule has 0 aromatic heterocycles. The molecule has 0 saturated heterocycles. The highest BCUT2D eigenvalue weighted by atomic mass is 16.5. The Kier molecular flexibility index (Phi) is 9.92. The summed E-state index contributed by atoms with van der Waals surface area (Å²) in [5.74, 6) is 1.86. The molecule has 8 heteroatoms. The van der Waals surface area contributed by atoms with Crippen LogP contribution in [0.15, 0.2) is 12.7 Å². The molecule has 5 N–H and O–H groups in total. The maximum absolute atomic E-state index is 10.1. The molecule has 0 aliphatic heterocycles. The molecule has 0 bridgehead atoms. The standard InChI is InChI=1S/C4H8N2O4.C4H6O2/c5-6-2(4(9)10)1-3(7)8;1-3-4(5)6-2/h2,6H,1,5H2,(H,7,8)(H,9,10);3H,1H2,2H3/t2-;/m0./s1. The van der Waals surface area contributed by atoms with E-state index in [-0.39, 0.29) is 0 Å². The van der Waals surface area contributed by atoms with Gasteiger partial charge in [-0.05, 0) is 0 Å². The van der Waals surface area contributed by atoms with Gasteiger partial charge in [0.25, 0.3) is 0 Å². The van der Waals surface area contributed by atoms with Crippen molar-refractivity contribution in [3.05, 3.63) is 12.7 Å². The molecule has 0 unspecified atom stereocenters. The van der Waals surface area contributed by atoms with Gasteiger partial charge in [-0.2, -0.15) is 0 Å². The summed E-state index contributed by atoms with van der Waals surface area (Å²) in [6.07, 6.45) is 0.589. The van der Waals surface area contributed by atoms with Crippen LogP contribution in [0.25, 0.3) is 0 Å². The van der Waals surface area contributed by atoms with Crippen LogP contribution >= 0.6 is 0 Å². The monoisotopic (exact) mass is 234 g/mol. The van der Waals surface area contributed by atoms with E-state index in [9.17, 15) is 14.4 Å². The zero-order chi connectivity index (χ0) is 13.1. The number of rotatable bonds is 5. The van der Waals surface area contributed by atoms with Gasteiger partial charge in [-0.15, -0.1) is 0 Å². The SMILES string of the molecule is C=CC(=O)OC.NN[C@@H](CC(=O)O)C(=O)O. The molecule has 0 fully saturated rings. The second kappa shape index (κ2) is 9.62. The van der Waals surface area contributed by atoms with Gasteiger partial charge in [0.2, 0.25) is 0 Å². The predicted molar refractivity (Wildman–Crippen MR) is 53.2 cm³/mol. The smallest absolute Gasteiger partial charge is 0.329 e. The molecule has 0 rings (SSSR count). The Labute approximate surface area is 91.7 Å². The molecule has 0 saturated carbocycles. The quantitative estimate of drug-likeness (QED) is 0.200. The van der Waals surface area contributed by atoms with E-state index >= 15 is 0 Å². The number of nitrogens with two attached hydrogens (primary N) is 1. The van der Waals surface area contributed by atoms with Crippen LogP contribution < -0.4 is 11.3 Å². The van der Waals surface area contributed by atoms with Crippen LogP contribution in [-0.4, -0.2) is 41.3 Å². The van der Waals surface area contributed by atoms with E-state index in [1.54, 1.807) is 0 Å². The number of nitrogens with one attached hydrogen (secondary N) is 1. The van der Waals surface area contributed by atoms with E-state index in [1.807, 2.05) is 5.43 Å². The van der Waals surface area contributed by atoms with Crippen molar-refractivity contribution in [3.8, 4) is 0 Å². The van der Waals surface area contributed by atoms with Gasteiger partial charge in [-0.25, -0.2) is 10.2 Å². The molecule has 8 nitrogen and oxygen atoms in total. The molecule has 0 spiro atoms. The maximum Gasteiger partial charge on any atom is 0.329 e. The molecule has 1 atom stereocenters. The van der Waals surface area contributed by atoms with Crippen LogP contribution in [-0.2, 0) is 19.1 Å². The Morgan fingerprint density at radius 2 is 2.00 bits per heavy atom. The molecule has 0 aliphatic carbocycles.